The first-order chi connectivity index (χ1) is 8.83. The minimum absolute atomic E-state index is 0.0217. The van der Waals surface area contributed by atoms with Crippen molar-refractivity contribution in [2.45, 2.75) is 6.18 Å². The number of nitrogens with one attached hydrogen (secondary N) is 1. The minimum Gasteiger partial charge on any atom is -0.491 e. The molecule has 1 amide bonds. The zero-order chi connectivity index (χ0) is 14.5. The molecule has 3 N–H and O–H groups in total. The van der Waals surface area contributed by atoms with Crippen molar-refractivity contribution in [1.29, 1.82) is 0 Å². The Labute approximate surface area is 106 Å². The van der Waals surface area contributed by atoms with Crippen LogP contribution in [0, 0.1) is 5.82 Å². The van der Waals surface area contributed by atoms with Crippen LogP contribution in [0.5, 0.6) is 5.75 Å². The first-order valence-corrected chi connectivity index (χ1v) is 5.31. The van der Waals surface area contributed by atoms with E-state index >= 15 is 0 Å². The highest BCUT2D eigenvalue weighted by atomic mass is 19.4. The molecule has 0 unspecified atom stereocenters. The fraction of sp³-hybridized carbons (Fsp3) is 0.364. The Morgan fingerprint density at radius 2 is 2.05 bits per heavy atom. The number of amides is 1. The smallest absolute Gasteiger partial charge is 0.405 e. The summed E-state index contributed by atoms with van der Waals surface area (Å²) in [5, 5.41) is 1.64. The van der Waals surface area contributed by atoms with Crippen LogP contribution < -0.4 is 15.8 Å². The third-order valence-electron chi connectivity index (χ3n) is 2.01. The number of carbonyl (C=O) groups is 1. The molecular weight excluding hydrogens is 268 g/mol. The Bertz CT molecular complexity index is 449. The van der Waals surface area contributed by atoms with E-state index in [1.807, 2.05) is 0 Å². The first kappa shape index (κ1) is 15.2. The maximum absolute atomic E-state index is 13.0. The van der Waals surface area contributed by atoms with E-state index in [-0.39, 0.29) is 24.5 Å². The third kappa shape index (κ3) is 5.12. The number of carbonyl (C=O) groups excluding carboxylic acids is 1. The lowest BCUT2D eigenvalue weighted by Crippen LogP contribution is -2.34. The summed E-state index contributed by atoms with van der Waals surface area (Å²) in [5.41, 5.74) is 4.89. The molecule has 0 radical (unpaired) electrons. The molecule has 0 bridgehead atoms. The highest BCUT2D eigenvalue weighted by Crippen LogP contribution is 2.20. The Kier molecular flexibility index (Phi) is 5.11. The number of hydrogen-bond acceptors (Lipinski definition) is 3. The molecule has 19 heavy (non-hydrogen) atoms. The SMILES string of the molecule is NCCOc1ccc(F)cc1C(=O)NCC(F)(F)F. The molecule has 0 spiro atoms. The van der Waals surface area contributed by atoms with Crippen LogP contribution in [-0.2, 0) is 0 Å². The van der Waals surface area contributed by atoms with Gasteiger partial charge in [-0.3, -0.25) is 4.79 Å². The number of ether oxygens (including phenoxy) is 1. The lowest BCUT2D eigenvalue weighted by atomic mass is 10.2. The monoisotopic (exact) mass is 280 g/mol. The van der Waals surface area contributed by atoms with Crippen LogP contribution in [0.3, 0.4) is 0 Å². The third-order valence-corrected chi connectivity index (χ3v) is 2.01. The van der Waals surface area contributed by atoms with Crippen molar-refractivity contribution in [2.24, 2.45) is 5.73 Å². The summed E-state index contributed by atoms with van der Waals surface area (Å²) < 4.78 is 54.0. The molecule has 0 fully saturated rings. The number of rotatable bonds is 5. The fourth-order valence-electron chi connectivity index (χ4n) is 1.25. The molecule has 0 aliphatic carbocycles. The average molecular weight is 280 g/mol. The van der Waals surface area contributed by atoms with Crippen molar-refractivity contribution >= 4 is 5.91 Å². The minimum atomic E-state index is -4.54. The summed E-state index contributed by atoms with van der Waals surface area (Å²) in [6, 6.07) is 3.00. The molecule has 1 rings (SSSR count). The van der Waals surface area contributed by atoms with Crippen LogP contribution in [0.25, 0.3) is 0 Å². The molecule has 0 aliphatic rings. The number of halogens is 4. The molecule has 4 nitrogen and oxygen atoms in total. The van der Waals surface area contributed by atoms with Crippen LogP contribution in [0.1, 0.15) is 10.4 Å². The fourth-order valence-corrected chi connectivity index (χ4v) is 1.25. The highest BCUT2D eigenvalue weighted by Gasteiger charge is 2.28. The largest absolute Gasteiger partial charge is 0.491 e. The summed E-state index contributed by atoms with van der Waals surface area (Å²) in [5.74, 6) is -1.84. The van der Waals surface area contributed by atoms with E-state index in [0.29, 0.717) is 0 Å². The zero-order valence-electron chi connectivity index (χ0n) is 9.76. The van der Waals surface area contributed by atoms with Gasteiger partial charge in [0.15, 0.2) is 0 Å². The van der Waals surface area contributed by atoms with Gasteiger partial charge in [-0.25, -0.2) is 4.39 Å². The van der Waals surface area contributed by atoms with Crippen LogP contribution >= 0.6 is 0 Å². The molecule has 1 aromatic rings. The summed E-state index contributed by atoms with van der Waals surface area (Å²) in [4.78, 5) is 11.5. The second-order valence-corrected chi connectivity index (χ2v) is 3.58. The van der Waals surface area contributed by atoms with Gasteiger partial charge in [0.2, 0.25) is 0 Å². The number of hydrogen-bond donors (Lipinski definition) is 2. The van der Waals surface area contributed by atoms with Gasteiger partial charge in [0.1, 0.15) is 24.7 Å². The Hall–Kier alpha value is -1.83. The van der Waals surface area contributed by atoms with Gasteiger partial charge >= 0.3 is 6.18 Å². The second-order valence-electron chi connectivity index (χ2n) is 3.58. The van der Waals surface area contributed by atoms with Gasteiger partial charge in [-0.05, 0) is 18.2 Å². The van der Waals surface area contributed by atoms with Gasteiger partial charge in [0, 0.05) is 6.54 Å². The maximum atomic E-state index is 13.0. The molecule has 0 saturated heterocycles. The predicted octanol–water partition coefficient (Wildman–Crippen LogP) is 1.46. The van der Waals surface area contributed by atoms with E-state index in [0.717, 1.165) is 18.2 Å². The molecule has 1 aromatic carbocycles. The van der Waals surface area contributed by atoms with Crippen molar-refractivity contribution in [2.75, 3.05) is 19.7 Å². The van der Waals surface area contributed by atoms with Gasteiger partial charge in [-0.15, -0.1) is 0 Å². The van der Waals surface area contributed by atoms with Crippen LogP contribution in [0.4, 0.5) is 17.6 Å². The van der Waals surface area contributed by atoms with E-state index < -0.39 is 24.4 Å². The summed E-state index contributed by atoms with van der Waals surface area (Å²) in [6.07, 6.45) is -4.54. The van der Waals surface area contributed by atoms with Gasteiger partial charge in [0.25, 0.3) is 5.91 Å². The standard InChI is InChI=1S/C11H12F4N2O2/c12-7-1-2-9(19-4-3-16)8(5-7)10(18)17-6-11(13,14)15/h1-2,5H,3-4,6,16H2,(H,17,18). The van der Waals surface area contributed by atoms with E-state index in [4.69, 9.17) is 10.5 Å². The lowest BCUT2D eigenvalue weighted by molar-refractivity contribution is -0.123. The summed E-state index contributed by atoms with van der Waals surface area (Å²) in [7, 11) is 0. The predicted molar refractivity (Wildman–Crippen MR) is 59.3 cm³/mol. The van der Waals surface area contributed by atoms with Crippen molar-refractivity contribution in [3.8, 4) is 5.75 Å². The van der Waals surface area contributed by atoms with E-state index in [9.17, 15) is 22.4 Å². The molecule has 0 heterocycles. The Morgan fingerprint density at radius 3 is 2.63 bits per heavy atom. The van der Waals surface area contributed by atoms with Gasteiger partial charge in [-0.1, -0.05) is 0 Å². The molecular formula is C11H12F4N2O2. The Balaban J connectivity index is 2.84. The second kappa shape index (κ2) is 6.37. The lowest BCUT2D eigenvalue weighted by Gasteiger charge is -2.12. The van der Waals surface area contributed by atoms with E-state index in [1.54, 1.807) is 5.32 Å². The normalized spacial score (nSPS) is 11.2. The summed E-state index contributed by atoms with van der Waals surface area (Å²) in [6.45, 7) is -1.29. The van der Waals surface area contributed by atoms with Crippen molar-refractivity contribution in [3.05, 3.63) is 29.6 Å². The van der Waals surface area contributed by atoms with Gasteiger partial charge in [-0.2, -0.15) is 13.2 Å². The van der Waals surface area contributed by atoms with Crippen LogP contribution in [-0.4, -0.2) is 31.8 Å². The maximum Gasteiger partial charge on any atom is 0.405 e. The van der Waals surface area contributed by atoms with E-state index in [1.165, 1.54) is 0 Å². The molecule has 0 atom stereocenters. The van der Waals surface area contributed by atoms with Crippen molar-refractivity contribution < 1.29 is 27.1 Å². The van der Waals surface area contributed by atoms with Crippen LogP contribution in [0.2, 0.25) is 0 Å². The molecule has 0 saturated carbocycles. The molecule has 8 heteroatoms. The van der Waals surface area contributed by atoms with E-state index in [2.05, 4.69) is 0 Å². The molecule has 0 aromatic heterocycles. The number of alkyl halides is 3. The highest BCUT2D eigenvalue weighted by molar-refractivity contribution is 5.96. The number of nitrogens with two attached hydrogens (primary N) is 1. The topological polar surface area (TPSA) is 64.3 Å². The molecule has 106 valence electrons. The Morgan fingerprint density at radius 1 is 1.37 bits per heavy atom. The number of benzene rings is 1. The quantitative estimate of drug-likeness (QED) is 0.802. The summed E-state index contributed by atoms with van der Waals surface area (Å²) >= 11 is 0. The van der Waals surface area contributed by atoms with Crippen molar-refractivity contribution in [1.82, 2.24) is 5.32 Å². The average Bonchev–Trinajstić information content (AvgIpc) is 2.33. The van der Waals surface area contributed by atoms with Crippen LogP contribution in [0.15, 0.2) is 18.2 Å². The zero-order valence-corrected chi connectivity index (χ0v) is 9.76. The van der Waals surface area contributed by atoms with Crippen molar-refractivity contribution in [3.63, 3.8) is 0 Å². The first-order valence-electron chi connectivity index (χ1n) is 5.31. The van der Waals surface area contributed by atoms with Gasteiger partial charge in [0.05, 0.1) is 5.56 Å². The molecule has 0 aliphatic heterocycles. The van der Waals surface area contributed by atoms with Gasteiger partial charge < -0.3 is 15.8 Å².